The zero-order valence-corrected chi connectivity index (χ0v) is 16.4. The Morgan fingerprint density at radius 3 is 2.46 bits per heavy atom. The lowest BCUT2D eigenvalue weighted by atomic mass is 9.97. The number of imidazole rings is 1. The van der Waals surface area contributed by atoms with Crippen molar-refractivity contribution in [1.29, 1.82) is 0 Å². The number of sulfonamides is 1. The highest BCUT2D eigenvalue weighted by molar-refractivity contribution is 7.89. The molecule has 1 saturated heterocycles. The number of benzene rings is 1. The van der Waals surface area contributed by atoms with E-state index in [0.29, 0.717) is 12.8 Å². The van der Waals surface area contributed by atoms with Gasteiger partial charge in [0, 0.05) is 39.3 Å². The summed E-state index contributed by atoms with van der Waals surface area (Å²) in [6.45, 7) is 0.575. The molecule has 0 bridgehead atoms. The Labute approximate surface area is 161 Å². The zero-order chi connectivity index (χ0) is 20.1. The van der Waals surface area contributed by atoms with Gasteiger partial charge in [0.15, 0.2) is 4.90 Å². The van der Waals surface area contributed by atoms with Crippen LogP contribution in [0.1, 0.15) is 24.6 Å². The monoisotopic (exact) mass is 403 g/mol. The van der Waals surface area contributed by atoms with Crippen LogP contribution >= 0.6 is 0 Å². The molecule has 1 aliphatic heterocycles. The third-order valence-corrected chi connectivity index (χ3v) is 7.16. The molecular formula is C18H21N5O4S. The average molecular weight is 403 g/mol. The summed E-state index contributed by atoms with van der Waals surface area (Å²) < 4.78 is 29.2. The van der Waals surface area contributed by atoms with E-state index in [1.54, 1.807) is 0 Å². The summed E-state index contributed by atoms with van der Waals surface area (Å²) in [5.41, 5.74) is 0.484. The van der Waals surface area contributed by atoms with Gasteiger partial charge in [0.25, 0.3) is 5.56 Å². The molecule has 0 spiro atoms. The second-order valence-electron chi connectivity index (χ2n) is 7.07. The molecule has 3 aromatic rings. The van der Waals surface area contributed by atoms with Gasteiger partial charge in [-0.15, -0.1) is 0 Å². The van der Waals surface area contributed by atoms with E-state index in [1.165, 1.54) is 18.4 Å². The third kappa shape index (κ3) is 2.98. The Morgan fingerprint density at radius 2 is 1.79 bits per heavy atom. The summed E-state index contributed by atoms with van der Waals surface area (Å²) in [5.74, 6) is 0.984. The molecule has 1 N–H and O–H groups in total. The molecular weight excluding hydrogens is 382 g/mol. The van der Waals surface area contributed by atoms with E-state index in [1.807, 2.05) is 24.3 Å². The minimum atomic E-state index is -3.98. The van der Waals surface area contributed by atoms with Crippen molar-refractivity contribution in [2.75, 3.05) is 13.1 Å². The number of fused-ring (bicyclic) bond motifs is 1. The van der Waals surface area contributed by atoms with E-state index in [9.17, 15) is 18.0 Å². The first-order chi connectivity index (χ1) is 13.3. The number of hydrogen-bond acceptors (Lipinski definition) is 5. The fraction of sp³-hybridized carbons (Fsp3) is 0.389. The molecule has 1 fully saturated rings. The van der Waals surface area contributed by atoms with Gasteiger partial charge in [-0.3, -0.25) is 9.36 Å². The standard InChI is InChI=1S/C18H21N5O4S/c1-21-11-15(17(24)22(2)18(21)25)28(26,27)23-9-7-12(8-10-23)16-19-13-5-3-4-6-14(13)20-16/h3-6,11-12H,7-10H2,1-2H3,(H,19,20). The molecule has 9 nitrogen and oxygen atoms in total. The van der Waals surface area contributed by atoms with E-state index in [-0.39, 0.29) is 23.9 Å². The topological polar surface area (TPSA) is 110 Å². The van der Waals surface area contributed by atoms with Crippen molar-refractivity contribution in [2.24, 2.45) is 14.1 Å². The number of para-hydroxylation sites is 2. The summed E-state index contributed by atoms with van der Waals surface area (Å²) >= 11 is 0. The molecule has 0 radical (unpaired) electrons. The largest absolute Gasteiger partial charge is 0.342 e. The number of rotatable bonds is 3. The number of H-pyrrole nitrogens is 1. The number of hydrogen-bond donors (Lipinski definition) is 1. The lowest BCUT2D eigenvalue weighted by molar-refractivity contribution is 0.313. The van der Waals surface area contributed by atoms with Crippen molar-refractivity contribution in [3.8, 4) is 0 Å². The van der Waals surface area contributed by atoms with Crippen molar-refractivity contribution in [3.63, 3.8) is 0 Å². The summed E-state index contributed by atoms with van der Waals surface area (Å²) in [4.78, 5) is 31.7. The predicted octanol–water partition coefficient (Wildman–Crippen LogP) is 0.529. The van der Waals surface area contributed by atoms with Crippen molar-refractivity contribution < 1.29 is 8.42 Å². The molecule has 1 aliphatic rings. The highest BCUT2D eigenvalue weighted by atomic mass is 32.2. The van der Waals surface area contributed by atoms with Gasteiger partial charge < -0.3 is 9.55 Å². The molecule has 3 heterocycles. The number of piperidine rings is 1. The van der Waals surface area contributed by atoms with Crippen LogP contribution in [-0.2, 0) is 24.1 Å². The predicted molar refractivity (Wildman–Crippen MR) is 104 cm³/mol. The van der Waals surface area contributed by atoms with Crippen LogP contribution < -0.4 is 11.2 Å². The maximum atomic E-state index is 13.0. The fourth-order valence-electron chi connectivity index (χ4n) is 3.63. The Bertz CT molecular complexity index is 1230. The molecule has 0 saturated carbocycles. The Hall–Kier alpha value is -2.72. The van der Waals surface area contributed by atoms with E-state index in [2.05, 4.69) is 9.97 Å². The minimum absolute atomic E-state index is 0.127. The van der Waals surface area contributed by atoms with Gasteiger partial charge in [-0.2, -0.15) is 4.31 Å². The highest BCUT2D eigenvalue weighted by Crippen LogP contribution is 2.29. The van der Waals surface area contributed by atoms with Gasteiger partial charge in [0.05, 0.1) is 11.0 Å². The van der Waals surface area contributed by atoms with E-state index < -0.39 is 21.3 Å². The SMILES string of the molecule is Cn1cc(S(=O)(=O)N2CCC(c3nc4ccccc4[nH]3)CC2)c(=O)n(C)c1=O. The van der Waals surface area contributed by atoms with Crippen molar-refractivity contribution in [2.45, 2.75) is 23.7 Å². The molecule has 0 atom stereocenters. The van der Waals surface area contributed by atoms with Crippen LogP contribution in [0.25, 0.3) is 11.0 Å². The number of aromatic nitrogens is 4. The molecule has 0 unspecified atom stereocenters. The lowest BCUT2D eigenvalue weighted by Gasteiger charge is -2.30. The highest BCUT2D eigenvalue weighted by Gasteiger charge is 2.33. The third-order valence-electron chi connectivity index (χ3n) is 5.28. The average Bonchev–Trinajstić information content (AvgIpc) is 3.13. The van der Waals surface area contributed by atoms with Crippen molar-refractivity contribution in [3.05, 3.63) is 57.1 Å². The van der Waals surface area contributed by atoms with Crippen LogP contribution in [0.5, 0.6) is 0 Å². The van der Waals surface area contributed by atoms with Gasteiger partial charge in [-0.1, -0.05) is 12.1 Å². The molecule has 2 aromatic heterocycles. The van der Waals surface area contributed by atoms with Crippen molar-refractivity contribution >= 4 is 21.1 Å². The van der Waals surface area contributed by atoms with E-state index >= 15 is 0 Å². The summed E-state index contributed by atoms with van der Waals surface area (Å²) in [6, 6.07) is 7.76. The number of aryl methyl sites for hydroxylation is 1. The van der Waals surface area contributed by atoms with Crippen molar-refractivity contribution in [1.82, 2.24) is 23.4 Å². The molecule has 1 aromatic carbocycles. The second-order valence-corrected chi connectivity index (χ2v) is 8.97. The van der Waals surface area contributed by atoms with Gasteiger partial charge in [0.1, 0.15) is 5.82 Å². The Balaban J connectivity index is 1.58. The van der Waals surface area contributed by atoms with Gasteiger partial charge in [-0.25, -0.2) is 18.2 Å². The minimum Gasteiger partial charge on any atom is -0.342 e. The van der Waals surface area contributed by atoms with E-state index in [0.717, 1.165) is 32.2 Å². The van der Waals surface area contributed by atoms with Crippen LogP contribution in [0, 0.1) is 0 Å². The second kappa shape index (κ2) is 6.71. The summed E-state index contributed by atoms with van der Waals surface area (Å²) in [7, 11) is -1.27. The number of nitrogens with one attached hydrogen (secondary N) is 1. The first kappa shape index (κ1) is 18.6. The van der Waals surface area contributed by atoms with Crippen LogP contribution in [-0.4, -0.2) is 44.9 Å². The molecule has 4 rings (SSSR count). The fourth-order valence-corrected chi connectivity index (χ4v) is 5.25. The molecule has 0 amide bonds. The zero-order valence-electron chi connectivity index (χ0n) is 15.6. The number of aromatic amines is 1. The maximum Gasteiger partial charge on any atom is 0.330 e. The smallest absolute Gasteiger partial charge is 0.330 e. The Morgan fingerprint density at radius 1 is 1.11 bits per heavy atom. The summed E-state index contributed by atoms with van der Waals surface area (Å²) in [6.07, 6.45) is 2.31. The van der Waals surface area contributed by atoms with Crippen LogP contribution in [0.2, 0.25) is 0 Å². The quantitative estimate of drug-likeness (QED) is 0.686. The van der Waals surface area contributed by atoms with Crippen LogP contribution in [0.4, 0.5) is 0 Å². The van der Waals surface area contributed by atoms with Gasteiger partial charge >= 0.3 is 5.69 Å². The normalized spacial score (nSPS) is 16.6. The molecule has 0 aliphatic carbocycles. The first-order valence-corrected chi connectivity index (χ1v) is 10.4. The molecule has 148 valence electrons. The summed E-state index contributed by atoms with van der Waals surface area (Å²) in [5, 5.41) is 0. The maximum absolute atomic E-state index is 13.0. The number of nitrogens with zero attached hydrogens (tertiary/aromatic N) is 4. The Kier molecular flexibility index (Phi) is 4.47. The van der Waals surface area contributed by atoms with Gasteiger partial charge in [0.2, 0.25) is 10.0 Å². The molecule has 10 heteroatoms. The molecule has 28 heavy (non-hydrogen) atoms. The first-order valence-electron chi connectivity index (χ1n) is 9.00. The lowest BCUT2D eigenvalue weighted by Crippen LogP contribution is -2.44. The van der Waals surface area contributed by atoms with Crippen LogP contribution in [0.15, 0.2) is 44.9 Å². The van der Waals surface area contributed by atoms with E-state index in [4.69, 9.17) is 0 Å². The van der Waals surface area contributed by atoms with Gasteiger partial charge in [-0.05, 0) is 25.0 Å². The van der Waals surface area contributed by atoms with Crippen LogP contribution in [0.3, 0.4) is 0 Å².